The number of aryl methyl sites for hydroxylation is 1. The van der Waals surface area contributed by atoms with Crippen LogP contribution in [0.25, 0.3) is 11.1 Å². The summed E-state index contributed by atoms with van der Waals surface area (Å²) in [7, 11) is 3.23. The molecule has 1 aliphatic heterocycles. The number of benzene rings is 5. The molecule has 4 unspecified atom stereocenters. The fraction of sp³-hybridized carbons (Fsp3) is 0.167. The van der Waals surface area contributed by atoms with Gasteiger partial charge in [-0.2, -0.15) is 0 Å². The summed E-state index contributed by atoms with van der Waals surface area (Å²) < 4.78 is 11.0. The van der Waals surface area contributed by atoms with Gasteiger partial charge in [0.2, 0.25) is 11.8 Å². The van der Waals surface area contributed by atoms with Crippen LogP contribution in [-0.2, 0) is 25.2 Å². The van der Waals surface area contributed by atoms with Crippen molar-refractivity contribution in [3.05, 3.63) is 161 Å². The summed E-state index contributed by atoms with van der Waals surface area (Å²) in [6, 6.07) is 41.8. The van der Waals surface area contributed by atoms with Crippen molar-refractivity contribution in [3.8, 4) is 11.5 Å². The molecule has 2 fully saturated rings. The highest BCUT2D eigenvalue weighted by molar-refractivity contribution is 6.39. The molecule has 6 nitrogen and oxygen atoms in total. The largest absolute Gasteiger partial charge is 0.497 e. The van der Waals surface area contributed by atoms with Gasteiger partial charge >= 0.3 is 0 Å². The van der Waals surface area contributed by atoms with E-state index in [1.54, 1.807) is 14.2 Å². The Kier molecular flexibility index (Phi) is 6.74. The number of nitrogens with zero attached hydrogens (tertiary/aromatic N) is 1. The Morgan fingerprint density at radius 2 is 0.917 bits per heavy atom. The number of amides is 2. The van der Waals surface area contributed by atoms with E-state index in [0.29, 0.717) is 28.3 Å². The first-order chi connectivity index (χ1) is 23.4. The third kappa shape index (κ3) is 3.71. The number of ketones is 1. The lowest BCUT2D eigenvalue weighted by Gasteiger charge is -2.39. The molecule has 0 aromatic heterocycles. The number of ether oxygens (including phenoxy) is 2. The van der Waals surface area contributed by atoms with Crippen LogP contribution in [0.4, 0.5) is 5.69 Å². The highest BCUT2D eigenvalue weighted by atomic mass is 16.5. The van der Waals surface area contributed by atoms with E-state index in [9.17, 15) is 0 Å². The molecule has 5 aromatic carbocycles. The Labute approximate surface area is 279 Å². The summed E-state index contributed by atoms with van der Waals surface area (Å²) in [5.41, 5.74) is 2.78. The van der Waals surface area contributed by atoms with Crippen LogP contribution in [-0.4, -0.2) is 31.8 Å². The molecule has 3 aliphatic rings. The molecule has 1 heterocycles. The van der Waals surface area contributed by atoms with Gasteiger partial charge in [-0.05, 0) is 76.2 Å². The molecule has 2 bridgehead atoms. The van der Waals surface area contributed by atoms with E-state index in [4.69, 9.17) is 9.47 Å². The minimum atomic E-state index is -1.48. The van der Waals surface area contributed by atoms with Gasteiger partial charge in [-0.25, -0.2) is 4.90 Å². The van der Waals surface area contributed by atoms with Crippen molar-refractivity contribution in [2.75, 3.05) is 19.1 Å². The Morgan fingerprint density at radius 3 is 1.31 bits per heavy atom. The molecule has 8 rings (SSSR count). The van der Waals surface area contributed by atoms with Crippen molar-refractivity contribution in [3.63, 3.8) is 0 Å². The van der Waals surface area contributed by atoms with Crippen LogP contribution in [0.1, 0.15) is 27.8 Å². The molecular formula is C42H33NO5. The van der Waals surface area contributed by atoms with Gasteiger partial charge in [-0.15, -0.1) is 0 Å². The molecule has 1 saturated carbocycles. The maximum absolute atomic E-state index is 16.0. The number of rotatable bonds is 7. The van der Waals surface area contributed by atoms with Crippen molar-refractivity contribution in [2.24, 2.45) is 11.8 Å². The van der Waals surface area contributed by atoms with Gasteiger partial charge in [-0.3, -0.25) is 14.4 Å². The summed E-state index contributed by atoms with van der Waals surface area (Å²) in [6.07, 6.45) is 0. The maximum Gasteiger partial charge on any atom is 0.239 e. The van der Waals surface area contributed by atoms with E-state index >= 15 is 14.4 Å². The molecule has 0 radical (unpaired) electrons. The van der Waals surface area contributed by atoms with E-state index in [2.05, 4.69) is 0 Å². The molecule has 0 spiro atoms. The molecule has 6 heteroatoms. The van der Waals surface area contributed by atoms with Crippen LogP contribution in [0.2, 0.25) is 0 Å². The topological polar surface area (TPSA) is 72.9 Å². The monoisotopic (exact) mass is 631 g/mol. The van der Waals surface area contributed by atoms with Gasteiger partial charge in [-0.1, -0.05) is 103 Å². The number of allylic oxidation sites excluding steroid dienone is 2. The Balaban J connectivity index is 1.55. The zero-order valence-corrected chi connectivity index (χ0v) is 26.8. The van der Waals surface area contributed by atoms with Crippen molar-refractivity contribution < 1.29 is 23.9 Å². The molecule has 236 valence electrons. The zero-order chi connectivity index (χ0) is 33.2. The molecule has 2 aliphatic carbocycles. The van der Waals surface area contributed by atoms with Gasteiger partial charge in [0, 0.05) is 0 Å². The van der Waals surface area contributed by atoms with Crippen LogP contribution in [0.5, 0.6) is 11.5 Å². The third-order valence-electron chi connectivity index (χ3n) is 10.6. The van der Waals surface area contributed by atoms with Crippen molar-refractivity contribution >= 4 is 34.4 Å². The number of fused-ring (bicyclic) bond motifs is 5. The number of Topliss-reactive ketones (excluding diaryl/α,β-unsaturated/α-hetero) is 1. The quantitative estimate of drug-likeness (QED) is 0.178. The van der Waals surface area contributed by atoms with Gasteiger partial charge in [0.05, 0.1) is 42.6 Å². The molecule has 2 amide bonds. The summed E-state index contributed by atoms with van der Waals surface area (Å²) in [6.45, 7) is 1.90. The van der Waals surface area contributed by atoms with E-state index in [-0.39, 0.29) is 17.6 Å². The Bertz CT molecular complexity index is 1990. The minimum absolute atomic E-state index is 0.162. The standard InChI is InChI=1S/C42H33NO5/c1-26-12-10-11-17-33(26)43-38(44)36-37(39(43)45)42(30-15-8-5-9-16-30)35(28-20-24-32(48-3)25-21-28)34(27-18-22-31(47-2)23-19-27)41(36,40(42)46)29-13-6-4-7-14-29/h4-25,36-37H,1-3H3. The van der Waals surface area contributed by atoms with Gasteiger partial charge in [0.1, 0.15) is 11.5 Å². The van der Waals surface area contributed by atoms with Gasteiger partial charge < -0.3 is 9.47 Å². The van der Waals surface area contributed by atoms with E-state index in [0.717, 1.165) is 27.8 Å². The molecule has 4 atom stereocenters. The molecular weight excluding hydrogens is 598 g/mol. The number of anilines is 1. The lowest BCUT2D eigenvalue weighted by molar-refractivity contribution is -0.130. The third-order valence-corrected chi connectivity index (χ3v) is 10.6. The number of methoxy groups -OCH3 is 2. The number of carbonyl (C=O) groups is 3. The van der Waals surface area contributed by atoms with Crippen LogP contribution in [0, 0.1) is 18.8 Å². The summed E-state index contributed by atoms with van der Waals surface area (Å²) in [4.78, 5) is 47.6. The van der Waals surface area contributed by atoms with Gasteiger partial charge in [0.15, 0.2) is 5.78 Å². The second-order valence-electron chi connectivity index (χ2n) is 12.6. The smallest absolute Gasteiger partial charge is 0.239 e. The van der Waals surface area contributed by atoms with Crippen molar-refractivity contribution in [1.82, 2.24) is 0 Å². The highest BCUT2D eigenvalue weighted by Crippen LogP contribution is 2.74. The summed E-state index contributed by atoms with van der Waals surface area (Å²) in [5, 5.41) is 0. The molecule has 5 aromatic rings. The predicted molar refractivity (Wildman–Crippen MR) is 185 cm³/mol. The molecule has 0 N–H and O–H groups in total. The minimum Gasteiger partial charge on any atom is -0.497 e. The Morgan fingerprint density at radius 1 is 0.521 bits per heavy atom. The SMILES string of the molecule is COc1ccc(C2=C(c3ccc(OC)cc3)C3(c4ccccc4)C(=O)C2(c2ccccc2)C2C(=O)N(c4ccccc4C)C(=O)C23)cc1. The second kappa shape index (κ2) is 10.9. The first-order valence-corrected chi connectivity index (χ1v) is 16.0. The van der Waals surface area contributed by atoms with Crippen molar-refractivity contribution in [1.29, 1.82) is 0 Å². The Hall–Kier alpha value is -5.75. The molecule has 1 saturated heterocycles. The average molecular weight is 632 g/mol. The second-order valence-corrected chi connectivity index (χ2v) is 12.6. The number of carbonyl (C=O) groups excluding carboxylic acids is 3. The number of imide groups is 1. The zero-order valence-electron chi connectivity index (χ0n) is 26.8. The summed E-state index contributed by atoms with van der Waals surface area (Å²) in [5.74, 6) is -1.53. The predicted octanol–water partition coefficient (Wildman–Crippen LogP) is 7.20. The number of hydrogen-bond donors (Lipinski definition) is 0. The number of para-hydroxylation sites is 1. The average Bonchev–Trinajstić information content (AvgIpc) is 3.64. The van der Waals surface area contributed by atoms with Crippen LogP contribution >= 0.6 is 0 Å². The first-order valence-electron chi connectivity index (χ1n) is 16.0. The van der Waals surface area contributed by atoms with Crippen LogP contribution in [0.3, 0.4) is 0 Å². The fourth-order valence-electron chi connectivity index (χ4n) is 8.69. The lowest BCUT2D eigenvalue weighted by atomic mass is 9.59. The lowest BCUT2D eigenvalue weighted by Crippen LogP contribution is -2.45. The normalized spacial score (nSPS) is 24.3. The van der Waals surface area contributed by atoms with Gasteiger partial charge in [0.25, 0.3) is 0 Å². The highest BCUT2D eigenvalue weighted by Gasteiger charge is 2.82. The van der Waals surface area contributed by atoms with Crippen LogP contribution < -0.4 is 14.4 Å². The van der Waals surface area contributed by atoms with Crippen LogP contribution in [0.15, 0.2) is 133 Å². The maximum atomic E-state index is 16.0. The fourth-order valence-corrected chi connectivity index (χ4v) is 8.69. The van der Waals surface area contributed by atoms with E-state index < -0.39 is 22.7 Å². The molecule has 48 heavy (non-hydrogen) atoms. The summed E-state index contributed by atoms with van der Waals surface area (Å²) >= 11 is 0. The van der Waals surface area contributed by atoms with E-state index in [1.807, 2.05) is 140 Å². The number of hydrogen-bond acceptors (Lipinski definition) is 5. The van der Waals surface area contributed by atoms with E-state index in [1.165, 1.54) is 4.90 Å². The first kappa shape index (κ1) is 29.6. The van der Waals surface area contributed by atoms with Crippen molar-refractivity contribution in [2.45, 2.75) is 17.8 Å².